The van der Waals surface area contributed by atoms with Gasteiger partial charge in [-0.1, -0.05) is 13.8 Å². The Morgan fingerprint density at radius 2 is 2.00 bits per heavy atom. The minimum atomic E-state index is 0.293. The van der Waals surface area contributed by atoms with Gasteiger partial charge >= 0.3 is 0 Å². The molecule has 5 heterocycles. The number of hydrogen-bond donors (Lipinski definition) is 2. The molecule has 0 spiro atoms. The van der Waals surface area contributed by atoms with Gasteiger partial charge in [0.15, 0.2) is 11.4 Å². The molecule has 0 radical (unpaired) electrons. The van der Waals surface area contributed by atoms with Crippen LogP contribution in [0.2, 0.25) is 0 Å². The summed E-state index contributed by atoms with van der Waals surface area (Å²) in [5.41, 5.74) is 7.34. The predicted molar refractivity (Wildman–Crippen MR) is 141 cm³/mol. The number of ether oxygens (including phenoxy) is 1. The highest BCUT2D eigenvalue weighted by molar-refractivity contribution is 5.89. The van der Waals surface area contributed by atoms with Crippen molar-refractivity contribution in [2.45, 2.75) is 76.3 Å². The van der Waals surface area contributed by atoms with E-state index >= 15 is 0 Å². The van der Waals surface area contributed by atoms with Crippen molar-refractivity contribution in [3.8, 4) is 17.0 Å². The molecule has 4 aromatic heterocycles. The quantitative estimate of drug-likeness (QED) is 0.402. The lowest BCUT2D eigenvalue weighted by molar-refractivity contribution is 0.0942. The van der Waals surface area contributed by atoms with E-state index in [-0.39, 0.29) is 0 Å². The molecule has 36 heavy (non-hydrogen) atoms. The summed E-state index contributed by atoms with van der Waals surface area (Å²) < 4.78 is 7.38. The van der Waals surface area contributed by atoms with Crippen LogP contribution in [0.5, 0.6) is 5.75 Å². The van der Waals surface area contributed by atoms with E-state index in [1.807, 2.05) is 12.3 Å². The molecule has 1 aliphatic heterocycles. The monoisotopic (exact) mass is 488 g/mol. The maximum atomic E-state index is 9.75. The Hall–Kier alpha value is -2.97. The summed E-state index contributed by atoms with van der Waals surface area (Å²) in [7, 11) is 1.67. The topological polar surface area (TPSA) is 91.6 Å². The lowest BCUT2D eigenvalue weighted by Gasteiger charge is -2.37. The van der Waals surface area contributed by atoms with Crippen LogP contribution in [0.3, 0.4) is 0 Å². The summed E-state index contributed by atoms with van der Waals surface area (Å²) >= 11 is 0. The molecule has 190 valence electrons. The SMILES string of the molecule is COc1cc(-c2[nH]c3ccc(C4CCC(N5CCCC5CO)CC4)nc3c2C(C)C)cn2ncnc12. The first kappa shape index (κ1) is 23.4. The van der Waals surface area contributed by atoms with Crippen LogP contribution in [-0.4, -0.2) is 66.9 Å². The highest BCUT2D eigenvalue weighted by Crippen LogP contribution is 2.40. The van der Waals surface area contributed by atoms with Gasteiger partial charge in [-0.25, -0.2) is 9.50 Å². The Morgan fingerprint density at radius 3 is 2.75 bits per heavy atom. The Labute approximate surface area is 211 Å². The van der Waals surface area contributed by atoms with Crippen molar-refractivity contribution in [2.24, 2.45) is 0 Å². The number of likely N-dealkylation sites (tertiary alicyclic amines) is 1. The number of pyridine rings is 2. The molecule has 8 heteroatoms. The lowest BCUT2D eigenvalue weighted by Crippen LogP contribution is -2.42. The molecule has 0 aromatic carbocycles. The van der Waals surface area contributed by atoms with Crippen LogP contribution in [-0.2, 0) is 0 Å². The molecule has 1 atom stereocenters. The summed E-state index contributed by atoms with van der Waals surface area (Å²) in [6.07, 6.45) is 10.6. The van der Waals surface area contributed by atoms with E-state index in [1.54, 1.807) is 18.0 Å². The minimum absolute atomic E-state index is 0.293. The number of aromatic amines is 1. The molecule has 6 rings (SSSR count). The van der Waals surface area contributed by atoms with Crippen molar-refractivity contribution in [1.82, 2.24) is 29.5 Å². The van der Waals surface area contributed by atoms with Gasteiger partial charge in [-0.2, -0.15) is 5.10 Å². The second-order valence-electron chi connectivity index (χ2n) is 10.7. The number of methoxy groups -OCH3 is 1. The highest BCUT2D eigenvalue weighted by Gasteiger charge is 2.33. The third-order valence-electron chi connectivity index (χ3n) is 8.35. The molecule has 8 nitrogen and oxygen atoms in total. The highest BCUT2D eigenvalue weighted by atomic mass is 16.5. The predicted octanol–water partition coefficient (Wildman–Crippen LogP) is 4.89. The fraction of sp³-hybridized carbons (Fsp3) is 0.536. The molecule has 1 unspecified atom stereocenters. The van der Waals surface area contributed by atoms with Crippen LogP contribution in [0.15, 0.2) is 30.7 Å². The largest absolute Gasteiger partial charge is 0.493 e. The van der Waals surface area contributed by atoms with Crippen LogP contribution in [0.4, 0.5) is 0 Å². The Kier molecular flexibility index (Phi) is 6.17. The van der Waals surface area contributed by atoms with E-state index in [1.165, 1.54) is 30.5 Å². The van der Waals surface area contributed by atoms with Gasteiger partial charge in [-0.15, -0.1) is 0 Å². The molecule has 2 aliphatic rings. The second kappa shape index (κ2) is 9.48. The van der Waals surface area contributed by atoms with Gasteiger partial charge in [0.1, 0.15) is 6.33 Å². The van der Waals surface area contributed by atoms with Gasteiger partial charge in [0, 0.05) is 41.0 Å². The molecule has 2 fully saturated rings. The van der Waals surface area contributed by atoms with Gasteiger partial charge in [0.25, 0.3) is 0 Å². The summed E-state index contributed by atoms with van der Waals surface area (Å²) in [6.45, 7) is 5.89. The third-order valence-corrected chi connectivity index (χ3v) is 8.35. The number of hydrogen-bond acceptors (Lipinski definition) is 6. The molecular weight excluding hydrogens is 452 g/mol. The van der Waals surface area contributed by atoms with Crippen molar-refractivity contribution in [3.63, 3.8) is 0 Å². The van der Waals surface area contributed by atoms with Crippen LogP contribution in [0.25, 0.3) is 27.9 Å². The molecule has 0 amide bonds. The lowest BCUT2D eigenvalue weighted by atomic mass is 9.83. The standard InChI is InChI=1S/C28H36N6O2/c1-17(2)25-26(19-13-24(36-3)28-29-16-30-34(28)14-19)32-23-11-10-22(31-27(23)25)18-6-8-20(9-7-18)33-12-4-5-21(33)15-35/h10-11,13-14,16-18,20-21,32,35H,4-9,12,15H2,1-3H3. The van der Waals surface area contributed by atoms with Gasteiger partial charge < -0.3 is 14.8 Å². The van der Waals surface area contributed by atoms with Gasteiger partial charge in [-0.3, -0.25) is 9.88 Å². The van der Waals surface area contributed by atoms with Crippen molar-refractivity contribution in [2.75, 3.05) is 20.3 Å². The molecule has 1 aliphatic carbocycles. The van der Waals surface area contributed by atoms with E-state index in [4.69, 9.17) is 9.72 Å². The zero-order valence-electron chi connectivity index (χ0n) is 21.4. The first-order valence-corrected chi connectivity index (χ1v) is 13.3. The first-order chi connectivity index (χ1) is 17.6. The molecule has 0 bridgehead atoms. The average Bonchev–Trinajstić information content (AvgIpc) is 3.65. The summed E-state index contributed by atoms with van der Waals surface area (Å²) in [5.74, 6) is 1.49. The fourth-order valence-corrected chi connectivity index (χ4v) is 6.54. The molecule has 4 aromatic rings. The Balaban J connectivity index is 1.31. The molecule has 1 saturated carbocycles. The number of aromatic nitrogens is 5. The number of nitrogens with one attached hydrogen (secondary N) is 1. The maximum absolute atomic E-state index is 9.75. The summed E-state index contributed by atoms with van der Waals surface area (Å²) in [6, 6.07) is 7.42. The van der Waals surface area contributed by atoms with Gasteiger partial charge in [-0.05, 0) is 69.2 Å². The minimum Gasteiger partial charge on any atom is -0.493 e. The number of nitrogens with zero attached hydrogens (tertiary/aromatic N) is 5. The van der Waals surface area contributed by atoms with Crippen molar-refractivity contribution in [3.05, 3.63) is 42.0 Å². The van der Waals surface area contributed by atoms with Crippen molar-refractivity contribution < 1.29 is 9.84 Å². The third kappa shape index (κ3) is 3.96. The molecular formula is C28H36N6O2. The van der Waals surface area contributed by atoms with E-state index in [2.05, 4.69) is 45.9 Å². The Morgan fingerprint density at radius 1 is 1.17 bits per heavy atom. The van der Waals surface area contributed by atoms with Gasteiger partial charge in [0.05, 0.1) is 30.4 Å². The smallest absolute Gasteiger partial charge is 0.197 e. The molecule has 1 saturated heterocycles. The van der Waals surface area contributed by atoms with E-state index in [0.29, 0.717) is 41.9 Å². The summed E-state index contributed by atoms with van der Waals surface area (Å²) in [5, 5.41) is 14.1. The van der Waals surface area contributed by atoms with Gasteiger partial charge in [0.2, 0.25) is 0 Å². The van der Waals surface area contributed by atoms with Crippen LogP contribution >= 0.6 is 0 Å². The molecule has 2 N–H and O–H groups in total. The van der Waals surface area contributed by atoms with Crippen molar-refractivity contribution >= 4 is 16.7 Å². The normalized spacial score (nSPS) is 23.3. The summed E-state index contributed by atoms with van der Waals surface area (Å²) in [4.78, 5) is 15.8. The number of fused-ring (bicyclic) bond motifs is 2. The number of H-pyrrole nitrogens is 1. The van der Waals surface area contributed by atoms with E-state index in [9.17, 15) is 5.11 Å². The number of rotatable bonds is 6. The maximum Gasteiger partial charge on any atom is 0.197 e. The average molecular weight is 489 g/mol. The fourth-order valence-electron chi connectivity index (χ4n) is 6.54. The van der Waals surface area contributed by atoms with Crippen LogP contribution in [0.1, 0.15) is 75.5 Å². The number of aliphatic hydroxyl groups excluding tert-OH is 1. The van der Waals surface area contributed by atoms with E-state index in [0.717, 1.165) is 48.1 Å². The van der Waals surface area contributed by atoms with Crippen LogP contribution in [0, 0.1) is 0 Å². The van der Waals surface area contributed by atoms with Crippen molar-refractivity contribution in [1.29, 1.82) is 0 Å². The first-order valence-electron chi connectivity index (χ1n) is 13.3. The number of aliphatic hydroxyl groups is 1. The second-order valence-corrected chi connectivity index (χ2v) is 10.7. The van der Waals surface area contributed by atoms with Crippen LogP contribution < -0.4 is 4.74 Å². The van der Waals surface area contributed by atoms with E-state index < -0.39 is 0 Å². The Bertz CT molecular complexity index is 1370. The zero-order valence-corrected chi connectivity index (χ0v) is 21.4. The zero-order chi connectivity index (χ0) is 24.8.